The van der Waals surface area contributed by atoms with Gasteiger partial charge >= 0.3 is 0 Å². The molecular weight excluding hydrogens is 306 g/mol. The van der Waals surface area contributed by atoms with Gasteiger partial charge in [-0.2, -0.15) is 0 Å². The Balaban J connectivity index is 2.86. The van der Waals surface area contributed by atoms with E-state index in [0.717, 1.165) is 0 Å². The first-order chi connectivity index (χ1) is 10.2. The molecule has 0 radical (unpaired) electrons. The predicted octanol–water partition coefficient (Wildman–Crippen LogP) is 0.694. The molecule has 0 spiro atoms. The lowest BCUT2D eigenvalue weighted by molar-refractivity contribution is -0.126. The summed E-state index contributed by atoms with van der Waals surface area (Å²) in [6, 6.07) is 5.12. The zero-order valence-corrected chi connectivity index (χ0v) is 13.8. The van der Waals surface area contributed by atoms with Gasteiger partial charge in [0.05, 0.1) is 4.90 Å². The van der Waals surface area contributed by atoms with E-state index in [-0.39, 0.29) is 22.6 Å². The first-order valence-corrected chi connectivity index (χ1v) is 8.27. The summed E-state index contributed by atoms with van der Waals surface area (Å²) >= 11 is 0. The number of hydrogen-bond acceptors (Lipinski definition) is 4. The van der Waals surface area contributed by atoms with E-state index < -0.39 is 16.1 Å². The molecule has 0 aliphatic rings. The molecule has 0 unspecified atom stereocenters. The molecule has 1 rings (SSSR count). The topological polar surface area (TPSA) is 104 Å². The van der Waals surface area contributed by atoms with E-state index in [1.165, 1.54) is 38.2 Å². The summed E-state index contributed by atoms with van der Waals surface area (Å²) in [4.78, 5) is 23.4. The third-order valence-corrected chi connectivity index (χ3v) is 4.44. The molecule has 0 fully saturated rings. The molecule has 0 aromatic heterocycles. The van der Waals surface area contributed by atoms with Gasteiger partial charge in [0.15, 0.2) is 0 Å². The summed E-state index contributed by atoms with van der Waals surface area (Å²) in [6.07, 6.45) is 0. The fraction of sp³-hybridized carbons (Fsp3) is 0.429. The van der Waals surface area contributed by atoms with Gasteiger partial charge in [-0.25, -0.2) is 13.1 Å². The molecule has 22 heavy (non-hydrogen) atoms. The fourth-order valence-electron chi connectivity index (χ4n) is 1.81. The number of carbonyl (C=O) groups is 2. The highest BCUT2D eigenvalue weighted by Crippen LogP contribution is 2.14. The Bertz CT molecular complexity index is 639. The zero-order valence-electron chi connectivity index (χ0n) is 13.0. The van der Waals surface area contributed by atoms with E-state index >= 15 is 0 Å². The molecule has 7 nitrogen and oxygen atoms in total. The van der Waals surface area contributed by atoms with Gasteiger partial charge in [0, 0.05) is 12.6 Å². The van der Waals surface area contributed by atoms with Gasteiger partial charge in [0.2, 0.25) is 21.8 Å². The average molecular weight is 327 g/mol. The molecule has 0 saturated heterocycles. The molecule has 0 aliphatic carbocycles. The number of amides is 2. The van der Waals surface area contributed by atoms with Crippen molar-refractivity contribution < 1.29 is 18.0 Å². The van der Waals surface area contributed by atoms with E-state index in [9.17, 15) is 18.0 Å². The van der Waals surface area contributed by atoms with E-state index in [1.54, 1.807) is 0 Å². The van der Waals surface area contributed by atoms with Crippen molar-refractivity contribution in [2.75, 3.05) is 12.4 Å². The molecule has 3 N–H and O–H groups in total. The number of rotatable bonds is 6. The Morgan fingerprint density at radius 2 is 1.64 bits per heavy atom. The summed E-state index contributed by atoms with van der Waals surface area (Å²) in [5, 5.41) is 5.24. The van der Waals surface area contributed by atoms with Gasteiger partial charge in [-0.15, -0.1) is 0 Å². The van der Waals surface area contributed by atoms with Crippen molar-refractivity contribution in [1.82, 2.24) is 10.0 Å². The van der Waals surface area contributed by atoms with Crippen LogP contribution in [0.4, 0.5) is 5.69 Å². The smallest absolute Gasteiger partial charge is 0.247 e. The molecule has 8 heteroatoms. The Labute approximate surface area is 130 Å². The Morgan fingerprint density at radius 1 is 1.09 bits per heavy atom. The summed E-state index contributed by atoms with van der Waals surface area (Å²) in [6.45, 7) is 4.99. The summed E-state index contributed by atoms with van der Waals surface area (Å²) in [5.41, 5.74) is 0.455. The largest absolute Gasteiger partial charge is 0.344 e. The lowest BCUT2D eigenvalue weighted by Gasteiger charge is -2.21. The Kier molecular flexibility index (Phi) is 6.07. The maximum atomic E-state index is 12.2. The van der Waals surface area contributed by atoms with E-state index in [4.69, 9.17) is 0 Å². The third kappa shape index (κ3) is 4.81. The van der Waals surface area contributed by atoms with Crippen LogP contribution in [0.1, 0.15) is 20.8 Å². The van der Waals surface area contributed by atoms with Crippen molar-refractivity contribution >= 4 is 27.5 Å². The predicted molar refractivity (Wildman–Crippen MR) is 83.8 cm³/mol. The lowest BCUT2D eigenvalue weighted by Crippen LogP contribution is -2.46. The molecule has 122 valence electrons. The summed E-state index contributed by atoms with van der Waals surface area (Å²) < 4.78 is 25.4. The van der Waals surface area contributed by atoms with Crippen LogP contribution in [0.3, 0.4) is 0 Å². The van der Waals surface area contributed by atoms with E-state index in [0.29, 0.717) is 5.69 Å². The van der Waals surface area contributed by atoms with Crippen LogP contribution in [0.2, 0.25) is 0 Å². The summed E-state index contributed by atoms with van der Waals surface area (Å²) in [5.74, 6) is -0.716. The van der Waals surface area contributed by atoms with Crippen LogP contribution in [-0.4, -0.2) is 33.3 Å². The van der Waals surface area contributed by atoms with Crippen molar-refractivity contribution in [3.05, 3.63) is 24.3 Å². The maximum absolute atomic E-state index is 12.2. The fourth-order valence-corrected chi connectivity index (χ4v) is 2.54. The molecular formula is C14H21N3O4S. The molecule has 1 aromatic rings. The molecule has 1 aromatic carbocycles. The number of nitrogens with one attached hydrogen (secondary N) is 3. The van der Waals surface area contributed by atoms with Crippen LogP contribution in [-0.2, 0) is 19.6 Å². The van der Waals surface area contributed by atoms with Crippen molar-refractivity contribution in [2.24, 2.45) is 5.92 Å². The quantitative estimate of drug-likeness (QED) is 0.715. The van der Waals surface area contributed by atoms with Gasteiger partial charge in [-0.05, 0) is 37.2 Å². The molecule has 0 heterocycles. The van der Waals surface area contributed by atoms with Crippen molar-refractivity contribution in [2.45, 2.75) is 31.7 Å². The highest BCUT2D eigenvalue weighted by molar-refractivity contribution is 7.89. The SMILES string of the molecule is CNS(=O)(=O)c1ccc(NC(=O)[C@H](NC(C)=O)C(C)C)cc1. The van der Waals surface area contributed by atoms with Crippen molar-refractivity contribution in [3.63, 3.8) is 0 Å². The number of benzene rings is 1. The summed E-state index contributed by atoms with van der Waals surface area (Å²) in [7, 11) is -2.18. The number of carbonyl (C=O) groups excluding carboxylic acids is 2. The molecule has 0 aliphatic heterocycles. The second-order valence-electron chi connectivity index (χ2n) is 5.14. The van der Waals surface area contributed by atoms with Crippen LogP contribution in [0.15, 0.2) is 29.2 Å². The highest BCUT2D eigenvalue weighted by atomic mass is 32.2. The van der Waals surface area contributed by atoms with Gasteiger partial charge in [-0.1, -0.05) is 13.8 Å². The minimum atomic E-state index is -3.51. The standard InChI is InChI=1S/C14H21N3O4S/c1-9(2)13(16-10(3)18)14(19)17-11-5-7-12(8-6-11)22(20,21)15-4/h5-9,13,15H,1-4H3,(H,16,18)(H,17,19)/t13-/m1/s1. The van der Waals surface area contributed by atoms with Gasteiger partial charge in [0.25, 0.3) is 0 Å². The molecule has 1 atom stereocenters. The maximum Gasteiger partial charge on any atom is 0.247 e. The van der Waals surface area contributed by atoms with Crippen LogP contribution < -0.4 is 15.4 Å². The second-order valence-corrected chi connectivity index (χ2v) is 7.03. The van der Waals surface area contributed by atoms with Crippen LogP contribution in [0.5, 0.6) is 0 Å². The van der Waals surface area contributed by atoms with Gasteiger partial charge in [-0.3, -0.25) is 9.59 Å². The third-order valence-electron chi connectivity index (χ3n) is 3.01. The lowest BCUT2D eigenvalue weighted by atomic mass is 10.0. The molecule has 0 bridgehead atoms. The van der Waals surface area contributed by atoms with E-state index in [1.807, 2.05) is 13.8 Å². The second kappa shape index (κ2) is 7.37. The van der Waals surface area contributed by atoms with Gasteiger partial charge in [0.1, 0.15) is 6.04 Å². The normalized spacial score (nSPS) is 12.8. The minimum absolute atomic E-state index is 0.0761. The van der Waals surface area contributed by atoms with E-state index in [2.05, 4.69) is 15.4 Å². The first kappa shape index (κ1) is 18.1. The monoisotopic (exact) mass is 327 g/mol. The number of hydrogen-bond donors (Lipinski definition) is 3. The van der Waals surface area contributed by atoms with Crippen LogP contribution >= 0.6 is 0 Å². The van der Waals surface area contributed by atoms with Crippen LogP contribution in [0, 0.1) is 5.92 Å². The Hall–Kier alpha value is -1.93. The number of sulfonamides is 1. The van der Waals surface area contributed by atoms with Crippen LogP contribution in [0.25, 0.3) is 0 Å². The van der Waals surface area contributed by atoms with Crippen molar-refractivity contribution in [3.8, 4) is 0 Å². The molecule has 0 saturated carbocycles. The highest BCUT2D eigenvalue weighted by Gasteiger charge is 2.23. The average Bonchev–Trinajstić information content (AvgIpc) is 2.44. The van der Waals surface area contributed by atoms with Crippen molar-refractivity contribution in [1.29, 1.82) is 0 Å². The number of anilines is 1. The Morgan fingerprint density at radius 3 is 2.05 bits per heavy atom. The zero-order chi connectivity index (χ0) is 16.9. The molecule has 2 amide bonds. The minimum Gasteiger partial charge on any atom is -0.344 e. The van der Waals surface area contributed by atoms with Gasteiger partial charge < -0.3 is 10.6 Å². The first-order valence-electron chi connectivity index (χ1n) is 6.79.